The van der Waals surface area contributed by atoms with Gasteiger partial charge in [-0.25, -0.2) is 0 Å². The van der Waals surface area contributed by atoms with Gasteiger partial charge in [0.25, 0.3) is 0 Å². The molecule has 2 rings (SSSR count). The molecule has 112 valence electrons. The second-order valence-electron chi connectivity index (χ2n) is 6.93. The third-order valence-electron chi connectivity index (χ3n) is 4.80. The van der Waals surface area contributed by atoms with Crippen LogP contribution < -0.4 is 5.32 Å². The van der Waals surface area contributed by atoms with Gasteiger partial charge in [0.2, 0.25) is 0 Å². The fourth-order valence-electron chi connectivity index (χ4n) is 3.46. The van der Waals surface area contributed by atoms with E-state index in [0.29, 0.717) is 5.54 Å². The van der Waals surface area contributed by atoms with Crippen LogP contribution in [0, 0.1) is 20.8 Å². The summed E-state index contributed by atoms with van der Waals surface area (Å²) in [4.78, 5) is 2.64. The molecule has 1 aromatic carbocycles. The van der Waals surface area contributed by atoms with E-state index in [1.54, 1.807) is 5.56 Å². The van der Waals surface area contributed by atoms with Gasteiger partial charge in [0.15, 0.2) is 0 Å². The van der Waals surface area contributed by atoms with Gasteiger partial charge in [-0.05, 0) is 64.2 Å². The molecule has 1 heterocycles. The lowest BCUT2D eigenvalue weighted by molar-refractivity contribution is 0.0958. The van der Waals surface area contributed by atoms with Gasteiger partial charge in [-0.3, -0.25) is 4.90 Å². The highest BCUT2D eigenvalue weighted by molar-refractivity contribution is 5.37. The van der Waals surface area contributed by atoms with Crippen molar-refractivity contribution in [1.29, 1.82) is 0 Å². The molecular formula is C18H30N2. The van der Waals surface area contributed by atoms with E-state index in [1.165, 1.54) is 42.6 Å². The number of nitrogens with one attached hydrogen (secondary N) is 1. The van der Waals surface area contributed by atoms with E-state index in [4.69, 9.17) is 0 Å². The van der Waals surface area contributed by atoms with Crippen LogP contribution >= 0.6 is 0 Å². The zero-order valence-electron chi connectivity index (χ0n) is 13.8. The Morgan fingerprint density at radius 2 is 1.60 bits per heavy atom. The average Bonchev–Trinajstić information content (AvgIpc) is 2.38. The SMILES string of the molecule is Cc1cc(C)c(CCC(C)(C)N2CCNCC2)c(C)c1. The van der Waals surface area contributed by atoms with Gasteiger partial charge in [-0.2, -0.15) is 0 Å². The first-order chi connectivity index (χ1) is 9.40. The van der Waals surface area contributed by atoms with E-state index in [9.17, 15) is 0 Å². The van der Waals surface area contributed by atoms with E-state index < -0.39 is 0 Å². The first kappa shape index (κ1) is 15.5. The Kier molecular flexibility index (Phi) is 4.87. The maximum absolute atomic E-state index is 3.44. The van der Waals surface area contributed by atoms with Crippen LogP contribution in [0.2, 0.25) is 0 Å². The van der Waals surface area contributed by atoms with E-state index in [-0.39, 0.29) is 0 Å². The van der Waals surface area contributed by atoms with Crippen molar-refractivity contribution in [3.63, 3.8) is 0 Å². The van der Waals surface area contributed by atoms with E-state index in [2.05, 4.69) is 57.0 Å². The van der Waals surface area contributed by atoms with Crippen LogP contribution in [-0.4, -0.2) is 36.6 Å². The zero-order chi connectivity index (χ0) is 14.8. The van der Waals surface area contributed by atoms with Gasteiger partial charge in [0.05, 0.1) is 0 Å². The number of hydrogen-bond acceptors (Lipinski definition) is 2. The van der Waals surface area contributed by atoms with Gasteiger partial charge in [-0.15, -0.1) is 0 Å². The Hall–Kier alpha value is -0.860. The Morgan fingerprint density at radius 3 is 2.15 bits per heavy atom. The second kappa shape index (κ2) is 6.28. The number of rotatable bonds is 4. The maximum atomic E-state index is 3.44. The number of nitrogens with zero attached hydrogens (tertiary/aromatic N) is 1. The average molecular weight is 274 g/mol. The molecule has 2 nitrogen and oxygen atoms in total. The van der Waals surface area contributed by atoms with Crippen molar-refractivity contribution in [1.82, 2.24) is 10.2 Å². The van der Waals surface area contributed by atoms with Crippen LogP contribution in [0.4, 0.5) is 0 Å². The number of hydrogen-bond donors (Lipinski definition) is 1. The standard InChI is InChI=1S/C18H30N2/c1-14-12-15(2)17(16(3)13-14)6-7-18(4,5)20-10-8-19-9-11-20/h12-13,19H,6-11H2,1-5H3. The second-order valence-corrected chi connectivity index (χ2v) is 6.93. The largest absolute Gasteiger partial charge is 0.314 e. The summed E-state index contributed by atoms with van der Waals surface area (Å²) < 4.78 is 0. The third-order valence-corrected chi connectivity index (χ3v) is 4.80. The molecule has 1 aliphatic rings. The predicted octanol–water partition coefficient (Wildman–Crippen LogP) is 3.23. The molecule has 0 atom stereocenters. The minimum absolute atomic E-state index is 0.297. The van der Waals surface area contributed by atoms with Crippen molar-refractivity contribution < 1.29 is 0 Å². The lowest BCUT2D eigenvalue weighted by Crippen LogP contribution is -2.53. The first-order valence-electron chi connectivity index (χ1n) is 7.92. The maximum Gasteiger partial charge on any atom is 0.0157 e. The number of aryl methyl sites for hydroxylation is 3. The van der Waals surface area contributed by atoms with Crippen molar-refractivity contribution in [2.45, 2.75) is 53.0 Å². The lowest BCUT2D eigenvalue weighted by Gasteiger charge is -2.41. The molecule has 0 bridgehead atoms. The fourth-order valence-corrected chi connectivity index (χ4v) is 3.46. The van der Waals surface area contributed by atoms with Gasteiger partial charge in [0.1, 0.15) is 0 Å². The summed E-state index contributed by atoms with van der Waals surface area (Å²) in [5, 5.41) is 3.44. The van der Waals surface area contributed by atoms with Crippen LogP contribution in [0.1, 0.15) is 42.5 Å². The topological polar surface area (TPSA) is 15.3 Å². The van der Waals surface area contributed by atoms with Crippen LogP contribution in [0.3, 0.4) is 0 Å². The quantitative estimate of drug-likeness (QED) is 0.907. The monoisotopic (exact) mass is 274 g/mol. The minimum Gasteiger partial charge on any atom is -0.314 e. The molecule has 20 heavy (non-hydrogen) atoms. The third kappa shape index (κ3) is 3.62. The molecule has 0 saturated carbocycles. The summed E-state index contributed by atoms with van der Waals surface area (Å²) >= 11 is 0. The summed E-state index contributed by atoms with van der Waals surface area (Å²) in [6.07, 6.45) is 2.42. The molecule has 1 fully saturated rings. The Balaban J connectivity index is 2.04. The van der Waals surface area contributed by atoms with Crippen molar-refractivity contribution >= 4 is 0 Å². The summed E-state index contributed by atoms with van der Waals surface area (Å²) in [7, 11) is 0. The van der Waals surface area contributed by atoms with E-state index >= 15 is 0 Å². The normalized spacial score (nSPS) is 17.4. The molecule has 1 N–H and O–H groups in total. The number of piperazine rings is 1. The molecule has 0 unspecified atom stereocenters. The van der Waals surface area contributed by atoms with Crippen LogP contribution in [0.15, 0.2) is 12.1 Å². The molecular weight excluding hydrogens is 244 g/mol. The highest BCUT2D eigenvalue weighted by atomic mass is 15.2. The van der Waals surface area contributed by atoms with Gasteiger partial charge < -0.3 is 5.32 Å². The van der Waals surface area contributed by atoms with Gasteiger partial charge in [0, 0.05) is 31.7 Å². The van der Waals surface area contributed by atoms with Crippen LogP contribution in [0.25, 0.3) is 0 Å². The van der Waals surface area contributed by atoms with Crippen molar-refractivity contribution in [2.24, 2.45) is 0 Å². The lowest BCUT2D eigenvalue weighted by atomic mass is 9.89. The van der Waals surface area contributed by atoms with Crippen molar-refractivity contribution in [3.05, 3.63) is 34.4 Å². The molecule has 1 saturated heterocycles. The van der Waals surface area contributed by atoms with Gasteiger partial charge in [-0.1, -0.05) is 17.7 Å². The molecule has 1 aromatic rings. The van der Waals surface area contributed by atoms with E-state index in [1.807, 2.05) is 0 Å². The zero-order valence-corrected chi connectivity index (χ0v) is 13.8. The molecule has 1 aliphatic heterocycles. The molecule has 0 radical (unpaired) electrons. The Morgan fingerprint density at radius 1 is 1.05 bits per heavy atom. The smallest absolute Gasteiger partial charge is 0.0157 e. The van der Waals surface area contributed by atoms with Crippen LogP contribution in [0.5, 0.6) is 0 Å². The molecule has 0 aliphatic carbocycles. The Bertz CT molecular complexity index is 433. The highest BCUT2D eigenvalue weighted by Gasteiger charge is 2.27. The summed E-state index contributed by atoms with van der Waals surface area (Å²) in [6.45, 7) is 16.1. The predicted molar refractivity (Wildman–Crippen MR) is 87.5 cm³/mol. The van der Waals surface area contributed by atoms with Crippen molar-refractivity contribution in [2.75, 3.05) is 26.2 Å². The summed E-state index contributed by atoms with van der Waals surface area (Å²) in [6, 6.07) is 4.64. The Labute approximate surface area is 124 Å². The fraction of sp³-hybridized carbons (Fsp3) is 0.667. The van der Waals surface area contributed by atoms with E-state index in [0.717, 1.165) is 13.1 Å². The summed E-state index contributed by atoms with van der Waals surface area (Å²) in [5.74, 6) is 0. The molecule has 0 aromatic heterocycles. The van der Waals surface area contributed by atoms with Gasteiger partial charge >= 0.3 is 0 Å². The highest BCUT2D eigenvalue weighted by Crippen LogP contribution is 2.25. The summed E-state index contributed by atoms with van der Waals surface area (Å²) in [5.41, 5.74) is 6.15. The number of benzene rings is 1. The van der Waals surface area contributed by atoms with Crippen LogP contribution in [-0.2, 0) is 6.42 Å². The first-order valence-corrected chi connectivity index (χ1v) is 7.92. The minimum atomic E-state index is 0.297. The van der Waals surface area contributed by atoms with Crippen molar-refractivity contribution in [3.8, 4) is 0 Å². The molecule has 0 amide bonds. The molecule has 2 heteroatoms. The molecule has 0 spiro atoms.